The fourth-order valence-corrected chi connectivity index (χ4v) is 1.88. The van der Waals surface area contributed by atoms with Crippen molar-refractivity contribution >= 4 is 0 Å². The molecule has 0 aliphatic carbocycles. The topological polar surface area (TPSA) is 15.3 Å². The number of rotatable bonds is 11. The molecule has 0 atom stereocenters. The zero-order valence-corrected chi connectivity index (χ0v) is 11.9. The summed E-state index contributed by atoms with van der Waals surface area (Å²) >= 11 is 0. The van der Waals surface area contributed by atoms with Crippen LogP contribution in [0, 0.1) is 0 Å². The Balaban J connectivity index is 3.36. The number of nitrogens with zero attached hydrogens (tertiary/aromatic N) is 1. The van der Waals surface area contributed by atoms with Crippen LogP contribution >= 0.6 is 0 Å². The molecule has 0 saturated heterocycles. The third-order valence-corrected chi connectivity index (χ3v) is 3.01. The molecule has 2 nitrogen and oxygen atoms in total. The quantitative estimate of drug-likeness (QED) is 0.546. The fourth-order valence-electron chi connectivity index (χ4n) is 1.88. The van der Waals surface area contributed by atoms with Crippen molar-refractivity contribution in [1.29, 1.82) is 0 Å². The van der Waals surface area contributed by atoms with Crippen LogP contribution in [0.1, 0.15) is 59.8 Å². The van der Waals surface area contributed by atoms with Crippen molar-refractivity contribution in [2.45, 2.75) is 65.8 Å². The van der Waals surface area contributed by atoms with Crippen molar-refractivity contribution < 1.29 is 0 Å². The molecular formula is C14H32N2. The molecule has 0 heterocycles. The zero-order valence-electron chi connectivity index (χ0n) is 11.9. The van der Waals surface area contributed by atoms with E-state index in [0.29, 0.717) is 6.04 Å². The summed E-state index contributed by atoms with van der Waals surface area (Å²) in [6.45, 7) is 13.7. The first-order valence-corrected chi connectivity index (χ1v) is 7.16. The van der Waals surface area contributed by atoms with Crippen LogP contribution in [0.3, 0.4) is 0 Å². The summed E-state index contributed by atoms with van der Waals surface area (Å²) in [5, 5.41) is 3.48. The van der Waals surface area contributed by atoms with Crippen LogP contribution in [0.25, 0.3) is 0 Å². The van der Waals surface area contributed by atoms with Crippen LogP contribution in [0.2, 0.25) is 0 Å². The minimum Gasteiger partial charge on any atom is -0.313 e. The summed E-state index contributed by atoms with van der Waals surface area (Å²) in [6.07, 6.45) is 6.94. The molecule has 0 aromatic rings. The van der Waals surface area contributed by atoms with Crippen LogP contribution in [0.4, 0.5) is 0 Å². The molecule has 2 heteroatoms. The van der Waals surface area contributed by atoms with Crippen LogP contribution in [0.5, 0.6) is 0 Å². The molecule has 16 heavy (non-hydrogen) atoms. The molecule has 0 aliphatic heterocycles. The maximum Gasteiger partial charge on any atom is 0.0107 e. The average Bonchev–Trinajstić information content (AvgIpc) is 2.26. The number of unbranched alkanes of at least 4 members (excludes halogenated alkanes) is 4. The van der Waals surface area contributed by atoms with Gasteiger partial charge in [0.15, 0.2) is 0 Å². The van der Waals surface area contributed by atoms with E-state index in [2.05, 4.69) is 37.9 Å². The van der Waals surface area contributed by atoms with E-state index in [4.69, 9.17) is 0 Å². The monoisotopic (exact) mass is 228 g/mol. The second-order valence-electron chi connectivity index (χ2n) is 4.96. The van der Waals surface area contributed by atoms with Gasteiger partial charge in [-0.2, -0.15) is 0 Å². The van der Waals surface area contributed by atoms with Gasteiger partial charge in [-0.05, 0) is 19.5 Å². The van der Waals surface area contributed by atoms with Gasteiger partial charge in [-0.25, -0.2) is 0 Å². The summed E-state index contributed by atoms with van der Waals surface area (Å²) in [5.74, 6) is 0. The summed E-state index contributed by atoms with van der Waals surface area (Å²) < 4.78 is 0. The third kappa shape index (κ3) is 10.4. The molecule has 0 radical (unpaired) electrons. The summed E-state index contributed by atoms with van der Waals surface area (Å²) in [6, 6.07) is 0.614. The van der Waals surface area contributed by atoms with Gasteiger partial charge < -0.3 is 10.2 Å². The van der Waals surface area contributed by atoms with E-state index in [0.717, 1.165) is 6.54 Å². The average molecular weight is 228 g/mol. The lowest BCUT2D eigenvalue weighted by Crippen LogP contribution is -2.35. The molecule has 1 N–H and O–H groups in total. The Morgan fingerprint density at radius 2 is 1.62 bits per heavy atom. The lowest BCUT2D eigenvalue weighted by Gasteiger charge is -2.21. The Hall–Kier alpha value is -0.0800. The van der Waals surface area contributed by atoms with Crippen molar-refractivity contribution in [3.05, 3.63) is 0 Å². The largest absolute Gasteiger partial charge is 0.313 e. The van der Waals surface area contributed by atoms with Gasteiger partial charge >= 0.3 is 0 Å². The Morgan fingerprint density at radius 1 is 0.938 bits per heavy atom. The van der Waals surface area contributed by atoms with Crippen molar-refractivity contribution in [3.8, 4) is 0 Å². The maximum atomic E-state index is 3.48. The second-order valence-corrected chi connectivity index (χ2v) is 4.96. The minimum atomic E-state index is 0.614. The number of hydrogen-bond acceptors (Lipinski definition) is 2. The Kier molecular flexibility index (Phi) is 11.3. The standard InChI is InChI=1S/C14H32N2/c1-5-7-8-9-10-12-16(6-2)13-11-15-14(3)4/h14-15H,5-13H2,1-4H3. The van der Waals surface area contributed by atoms with Gasteiger partial charge in [0.05, 0.1) is 0 Å². The second kappa shape index (κ2) is 11.4. The van der Waals surface area contributed by atoms with Crippen molar-refractivity contribution in [2.24, 2.45) is 0 Å². The normalized spacial score (nSPS) is 11.6. The van der Waals surface area contributed by atoms with Gasteiger partial charge in [0, 0.05) is 19.1 Å². The first-order valence-electron chi connectivity index (χ1n) is 7.16. The molecule has 0 amide bonds. The van der Waals surface area contributed by atoms with Gasteiger partial charge in [0.25, 0.3) is 0 Å². The summed E-state index contributed by atoms with van der Waals surface area (Å²) in [7, 11) is 0. The number of hydrogen-bond donors (Lipinski definition) is 1. The van der Waals surface area contributed by atoms with Crippen LogP contribution in [0.15, 0.2) is 0 Å². The molecular weight excluding hydrogens is 196 g/mol. The molecule has 0 aromatic carbocycles. The molecule has 0 bridgehead atoms. The third-order valence-electron chi connectivity index (χ3n) is 3.01. The van der Waals surface area contributed by atoms with E-state index in [1.807, 2.05) is 0 Å². The first-order chi connectivity index (χ1) is 7.70. The van der Waals surface area contributed by atoms with Crippen LogP contribution in [-0.4, -0.2) is 37.1 Å². The number of nitrogens with one attached hydrogen (secondary N) is 1. The molecule has 0 unspecified atom stereocenters. The molecule has 0 rings (SSSR count). The smallest absolute Gasteiger partial charge is 0.0107 e. The predicted molar refractivity (Wildman–Crippen MR) is 74.0 cm³/mol. The van der Waals surface area contributed by atoms with Gasteiger partial charge in [-0.15, -0.1) is 0 Å². The van der Waals surface area contributed by atoms with E-state index in [1.165, 1.54) is 51.7 Å². The molecule has 0 saturated carbocycles. The Bertz CT molecular complexity index is 135. The van der Waals surface area contributed by atoms with Gasteiger partial charge in [0.2, 0.25) is 0 Å². The summed E-state index contributed by atoms with van der Waals surface area (Å²) in [5.41, 5.74) is 0. The number of likely N-dealkylation sites (N-methyl/N-ethyl adjacent to an activating group) is 1. The molecule has 0 aliphatic rings. The van der Waals surface area contributed by atoms with Crippen molar-refractivity contribution in [2.75, 3.05) is 26.2 Å². The predicted octanol–water partition coefficient (Wildman–Crippen LogP) is 3.28. The molecule has 0 aromatic heterocycles. The van der Waals surface area contributed by atoms with Gasteiger partial charge in [-0.3, -0.25) is 0 Å². The van der Waals surface area contributed by atoms with Gasteiger partial charge in [0.1, 0.15) is 0 Å². The SMILES string of the molecule is CCCCCCCN(CC)CCNC(C)C. The van der Waals surface area contributed by atoms with E-state index >= 15 is 0 Å². The summed E-state index contributed by atoms with van der Waals surface area (Å²) in [4.78, 5) is 2.56. The lowest BCUT2D eigenvalue weighted by atomic mass is 10.1. The zero-order chi connectivity index (χ0) is 12.2. The van der Waals surface area contributed by atoms with Gasteiger partial charge in [-0.1, -0.05) is 53.4 Å². The van der Waals surface area contributed by atoms with Crippen molar-refractivity contribution in [3.63, 3.8) is 0 Å². The van der Waals surface area contributed by atoms with E-state index in [-0.39, 0.29) is 0 Å². The van der Waals surface area contributed by atoms with Crippen molar-refractivity contribution in [1.82, 2.24) is 10.2 Å². The van der Waals surface area contributed by atoms with E-state index in [1.54, 1.807) is 0 Å². The minimum absolute atomic E-state index is 0.614. The van der Waals surface area contributed by atoms with E-state index < -0.39 is 0 Å². The van der Waals surface area contributed by atoms with Crippen LogP contribution in [-0.2, 0) is 0 Å². The Labute approximate surface area is 103 Å². The molecule has 0 spiro atoms. The first kappa shape index (κ1) is 15.9. The Morgan fingerprint density at radius 3 is 2.19 bits per heavy atom. The highest BCUT2D eigenvalue weighted by molar-refractivity contribution is 4.60. The highest BCUT2D eigenvalue weighted by atomic mass is 15.1. The highest BCUT2D eigenvalue weighted by Gasteiger charge is 2.01. The molecule has 98 valence electrons. The fraction of sp³-hybridized carbons (Fsp3) is 1.00. The lowest BCUT2D eigenvalue weighted by molar-refractivity contribution is 0.277. The maximum absolute atomic E-state index is 3.48. The van der Waals surface area contributed by atoms with Crippen LogP contribution < -0.4 is 5.32 Å². The molecule has 0 fully saturated rings. The highest BCUT2D eigenvalue weighted by Crippen LogP contribution is 2.03. The van der Waals surface area contributed by atoms with E-state index in [9.17, 15) is 0 Å².